The third kappa shape index (κ3) is 4.82. The topological polar surface area (TPSA) is 73.7 Å². The number of hydrogen-bond donors (Lipinski definition) is 0. The zero-order valence-electron chi connectivity index (χ0n) is 22.1. The van der Waals surface area contributed by atoms with Crippen molar-refractivity contribution in [3.63, 3.8) is 0 Å². The SMILES string of the molecule is CCOC(=O)[C@@H]1C(=O)N(CCc2ccccc2)c2nc3ccccc3n2[C@@H]1c1cccc(Oc2ccccc2)c1. The van der Waals surface area contributed by atoms with Crippen LogP contribution in [-0.2, 0) is 20.7 Å². The van der Waals surface area contributed by atoms with E-state index in [2.05, 4.69) is 0 Å². The number of aromatic nitrogens is 2. The van der Waals surface area contributed by atoms with E-state index in [1.165, 1.54) is 0 Å². The van der Waals surface area contributed by atoms with Gasteiger partial charge < -0.3 is 14.0 Å². The summed E-state index contributed by atoms with van der Waals surface area (Å²) >= 11 is 0. The van der Waals surface area contributed by atoms with Gasteiger partial charge in [0.2, 0.25) is 11.9 Å². The third-order valence-electron chi connectivity index (χ3n) is 7.13. The molecule has 5 aromatic rings. The number of benzene rings is 4. The van der Waals surface area contributed by atoms with Crippen LogP contribution in [0.5, 0.6) is 11.5 Å². The van der Waals surface area contributed by atoms with Gasteiger partial charge in [0.05, 0.1) is 23.7 Å². The van der Waals surface area contributed by atoms with Crippen LogP contribution in [0.3, 0.4) is 0 Å². The Balaban J connectivity index is 1.48. The summed E-state index contributed by atoms with van der Waals surface area (Å²) in [6.07, 6.45) is 0.621. The van der Waals surface area contributed by atoms with E-state index in [1.54, 1.807) is 11.8 Å². The quantitative estimate of drug-likeness (QED) is 0.176. The summed E-state index contributed by atoms with van der Waals surface area (Å²) in [4.78, 5) is 34.2. The maximum absolute atomic E-state index is 14.2. The van der Waals surface area contributed by atoms with Gasteiger partial charge in [0.1, 0.15) is 11.5 Å². The first kappa shape index (κ1) is 25.4. The Morgan fingerprint density at radius 1 is 0.850 bits per heavy atom. The number of carbonyl (C=O) groups is 2. The van der Waals surface area contributed by atoms with Crippen LogP contribution in [0.15, 0.2) is 109 Å². The fourth-order valence-electron chi connectivity index (χ4n) is 5.33. The van der Waals surface area contributed by atoms with Gasteiger partial charge in [0.15, 0.2) is 5.92 Å². The Morgan fingerprint density at radius 2 is 1.55 bits per heavy atom. The van der Waals surface area contributed by atoms with Gasteiger partial charge in [-0.05, 0) is 60.9 Å². The summed E-state index contributed by atoms with van der Waals surface area (Å²) < 4.78 is 13.6. The lowest BCUT2D eigenvalue weighted by Crippen LogP contribution is -2.50. The van der Waals surface area contributed by atoms with Crippen molar-refractivity contribution in [2.45, 2.75) is 19.4 Å². The molecule has 1 aliphatic rings. The summed E-state index contributed by atoms with van der Waals surface area (Å²) in [6.45, 7) is 2.31. The molecule has 200 valence electrons. The normalized spacial score (nSPS) is 16.5. The van der Waals surface area contributed by atoms with E-state index in [4.69, 9.17) is 14.5 Å². The second-order valence-electron chi connectivity index (χ2n) is 9.66. The molecule has 0 bridgehead atoms. The molecule has 0 saturated carbocycles. The van der Waals surface area contributed by atoms with E-state index < -0.39 is 17.9 Å². The van der Waals surface area contributed by atoms with Crippen molar-refractivity contribution in [3.8, 4) is 11.5 Å². The summed E-state index contributed by atoms with van der Waals surface area (Å²) in [5.74, 6) is -0.148. The lowest BCUT2D eigenvalue weighted by Gasteiger charge is -2.38. The highest BCUT2D eigenvalue weighted by molar-refractivity contribution is 6.08. The maximum Gasteiger partial charge on any atom is 0.321 e. The highest BCUT2D eigenvalue weighted by Gasteiger charge is 2.47. The van der Waals surface area contributed by atoms with Crippen molar-refractivity contribution >= 4 is 28.9 Å². The summed E-state index contributed by atoms with van der Waals surface area (Å²) in [5, 5.41) is 0. The molecule has 0 saturated heterocycles. The van der Waals surface area contributed by atoms with Crippen molar-refractivity contribution < 1.29 is 19.1 Å². The number of ether oxygens (including phenoxy) is 2. The molecule has 1 aliphatic heterocycles. The third-order valence-corrected chi connectivity index (χ3v) is 7.13. The number of nitrogens with zero attached hydrogens (tertiary/aromatic N) is 3. The van der Waals surface area contributed by atoms with Gasteiger partial charge in [-0.25, -0.2) is 4.98 Å². The van der Waals surface area contributed by atoms with Crippen LogP contribution in [0.1, 0.15) is 24.1 Å². The second-order valence-corrected chi connectivity index (χ2v) is 9.66. The van der Waals surface area contributed by atoms with Crippen LogP contribution >= 0.6 is 0 Å². The molecule has 40 heavy (non-hydrogen) atoms. The van der Waals surface area contributed by atoms with Crippen molar-refractivity contribution in [1.29, 1.82) is 0 Å². The average Bonchev–Trinajstić information content (AvgIpc) is 3.36. The first-order valence-corrected chi connectivity index (χ1v) is 13.5. The fraction of sp³-hybridized carbons (Fsp3) is 0.182. The van der Waals surface area contributed by atoms with Gasteiger partial charge in [-0.1, -0.05) is 72.8 Å². The molecule has 0 aliphatic carbocycles. The zero-order valence-corrected chi connectivity index (χ0v) is 22.1. The molecule has 0 radical (unpaired) electrons. The Morgan fingerprint density at radius 3 is 2.33 bits per heavy atom. The van der Waals surface area contributed by atoms with Gasteiger partial charge in [-0.2, -0.15) is 0 Å². The predicted molar refractivity (Wildman–Crippen MR) is 153 cm³/mol. The van der Waals surface area contributed by atoms with E-state index in [0.717, 1.165) is 22.2 Å². The van der Waals surface area contributed by atoms with Crippen LogP contribution in [0.4, 0.5) is 5.95 Å². The molecule has 6 rings (SSSR count). The smallest absolute Gasteiger partial charge is 0.321 e. The van der Waals surface area contributed by atoms with Crippen LogP contribution in [0.25, 0.3) is 11.0 Å². The molecule has 1 aromatic heterocycles. The van der Waals surface area contributed by atoms with Crippen molar-refractivity contribution in [1.82, 2.24) is 9.55 Å². The highest BCUT2D eigenvalue weighted by Crippen LogP contribution is 2.42. The van der Waals surface area contributed by atoms with Crippen LogP contribution in [0, 0.1) is 5.92 Å². The molecule has 7 heteroatoms. The standard InChI is InChI=1S/C33H29N3O4/c1-2-39-32(38)29-30(24-14-11-17-26(22-24)40-25-15-7-4-8-16-25)36-28-19-10-9-18-27(28)34-33(36)35(31(29)37)21-20-23-12-5-3-6-13-23/h3-19,22,29-30H,2,20-21H2,1H3/t29-,30+/m0/s1. The molecular weight excluding hydrogens is 502 g/mol. The largest absolute Gasteiger partial charge is 0.465 e. The zero-order chi connectivity index (χ0) is 27.5. The number of carbonyl (C=O) groups excluding carboxylic acids is 2. The number of amides is 1. The molecule has 4 aromatic carbocycles. The molecule has 0 spiro atoms. The van der Waals surface area contributed by atoms with E-state index in [0.29, 0.717) is 30.4 Å². The van der Waals surface area contributed by atoms with E-state index in [-0.39, 0.29) is 12.5 Å². The number of para-hydroxylation sites is 3. The van der Waals surface area contributed by atoms with Crippen LogP contribution < -0.4 is 9.64 Å². The second kappa shape index (κ2) is 11.1. The summed E-state index contributed by atoms with van der Waals surface area (Å²) in [7, 11) is 0. The van der Waals surface area contributed by atoms with E-state index in [1.807, 2.05) is 114 Å². The Hall–Kier alpha value is -4.91. The van der Waals surface area contributed by atoms with Gasteiger partial charge >= 0.3 is 5.97 Å². The molecule has 1 amide bonds. The molecular formula is C33H29N3O4. The molecule has 7 nitrogen and oxygen atoms in total. The molecule has 0 unspecified atom stereocenters. The molecule has 2 atom stereocenters. The Labute approximate surface area is 232 Å². The number of hydrogen-bond acceptors (Lipinski definition) is 5. The minimum absolute atomic E-state index is 0.175. The fourth-order valence-corrected chi connectivity index (χ4v) is 5.33. The van der Waals surface area contributed by atoms with Crippen molar-refractivity contribution in [2.75, 3.05) is 18.1 Å². The lowest BCUT2D eigenvalue weighted by atomic mass is 9.89. The number of rotatable bonds is 8. The maximum atomic E-state index is 14.2. The minimum atomic E-state index is -1.09. The van der Waals surface area contributed by atoms with Crippen molar-refractivity contribution in [3.05, 3.63) is 120 Å². The first-order chi connectivity index (χ1) is 19.6. The molecule has 2 heterocycles. The molecule has 0 fully saturated rings. The highest BCUT2D eigenvalue weighted by atomic mass is 16.5. The van der Waals surface area contributed by atoms with Crippen LogP contribution in [-0.4, -0.2) is 34.6 Å². The predicted octanol–water partition coefficient (Wildman–Crippen LogP) is 6.19. The number of imidazole rings is 1. The van der Waals surface area contributed by atoms with E-state index >= 15 is 0 Å². The van der Waals surface area contributed by atoms with Crippen LogP contribution in [0.2, 0.25) is 0 Å². The molecule has 0 N–H and O–H groups in total. The summed E-state index contributed by atoms with van der Waals surface area (Å²) in [6, 6.07) is 34.1. The van der Waals surface area contributed by atoms with Crippen molar-refractivity contribution in [2.24, 2.45) is 5.92 Å². The monoisotopic (exact) mass is 531 g/mol. The van der Waals surface area contributed by atoms with Gasteiger partial charge in [0, 0.05) is 6.54 Å². The first-order valence-electron chi connectivity index (χ1n) is 13.5. The number of anilines is 1. The number of fused-ring (bicyclic) bond motifs is 3. The minimum Gasteiger partial charge on any atom is -0.465 e. The summed E-state index contributed by atoms with van der Waals surface area (Å²) in [5.41, 5.74) is 3.44. The van der Waals surface area contributed by atoms with E-state index in [9.17, 15) is 9.59 Å². The average molecular weight is 532 g/mol. The lowest BCUT2D eigenvalue weighted by molar-refractivity contribution is -0.153. The Kier molecular flexibility index (Phi) is 7.02. The number of esters is 1. The van der Waals surface area contributed by atoms with Gasteiger partial charge in [-0.15, -0.1) is 0 Å². The van der Waals surface area contributed by atoms with Gasteiger partial charge in [-0.3, -0.25) is 14.5 Å². The Bertz CT molecular complexity index is 1650. The van der Waals surface area contributed by atoms with Gasteiger partial charge in [0.25, 0.3) is 0 Å².